The molecule has 1 heterocycles. The summed E-state index contributed by atoms with van der Waals surface area (Å²) in [6.45, 7) is -0.588. The number of aliphatic hydroxyl groups excluding tert-OH is 1. The molecule has 2 N–H and O–H groups in total. The van der Waals surface area contributed by atoms with Crippen molar-refractivity contribution >= 4 is 11.9 Å². The van der Waals surface area contributed by atoms with Crippen LogP contribution in [0.15, 0.2) is 60.8 Å². The number of methoxy groups -OCH3 is 2. The second kappa shape index (κ2) is 9.03. The third-order valence-electron chi connectivity index (χ3n) is 4.32. The van der Waals surface area contributed by atoms with E-state index >= 15 is 0 Å². The Morgan fingerprint density at radius 2 is 1.79 bits per heavy atom. The van der Waals surface area contributed by atoms with E-state index in [0.29, 0.717) is 17.0 Å². The van der Waals surface area contributed by atoms with Crippen molar-refractivity contribution in [3.63, 3.8) is 0 Å². The first-order valence-electron chi connectivity index (χ1n) is 8.87. The van der Waals surface area contributed by atoms with Crippen LogP contribution in [-0.2, 0) is 9.53 Å². The molecule has 0 radical (unpaired) electrons. The Morgan fingerprint density at radius 3 is 2.45 bits per heavy atom. The van der Waals surface area contributed by atoms with Crippen LogP contribution in [0.1, 0.15) is 10.4 Å². The molecule has 0 saturated carbocycles. The van der Waals surface area contributed by atoms with E-state index in [0.717, 1.165) is 5.69 Å². The van der Waals surface area contributed by atoms with Crippen LogP contribution in [0.5, 0.6) is 5.75 Å². The number of carbonyl (C=O) groups is 2. The number of carbonyl (C=O) groups excluding carboxylic acids is 2. The summed E-state index contributed by atoms with van der Waals surface area (Å²) in [6.07, 6.45) is 1.57. The Labute approximate surface area is 167 Å². The lowest BCUT2D eigenvalue weighted by Crippen LogP contribution is -2.44. The van der Waals surface area contributed by atoms with Gasteiger partial charge in [-0.3, -0.25) is 4.79 Å². The van der Waals surface area contributed by atoms with E-state index in [4.69, 9.17) is 4.74 Å². The summed E-state index contributed by atoms with van der Waals surface area (Å²) in [5, 5.41) is 16.5. The number of nitrogens with one attached hydrogen (secondary N) is 1. The summed E-state index contributed by atoms with van der Waals surface area (Å²) in [5.41, 5.74) is 1.98. The van der Waals surface area contributed by atoms with Gasteiger partial charge in [-0.1, -0.05) is 30.3 Å². The fourth-order valence-electron chi connectivity index (χ4n) is 2.85. The number of hydrogen-bond acceptors (Lipinski definition) is 6. The maximum Gasteiger partial charge on any atom is 0.330 e. The summed E-state index contributed by atoms with van der Waals surface area (Å²) in [7, 11) is 2.72. The van der Waals surface area contributed by atoms with Gasteiger partial charge < -0.3 is 19.9 Å². The van der Waals surface area contributed by atoms with Gasteiger partial charge in [0.2, 0.25) is 0 Å². The Kier molecular flexibility index (Phi) is 6.25. The van der Waals surface area contributed by atoms with E-state index in [2.05, 4.69) is 15.2 Å². The smallest absolute Gasteiger partial charge is 0.330 e. The maximum atomic E-state index is 12.9. The van der Waals surface area contributed by atoms with E-state index in [1.54, 1.807) is 23.0 Å². The van der Waals surface area contributed by atoms with E-state index in [9.17, 15) is 14.7 Å². The van der Waals surface area contributed by atoms with E-state index < -0.39 is 24.5 Å². The SMILES string of the molecule is COC(=O)[C@H](CO)NC(=O)c1cn(-c2ccccc2)nc1-c1ccccc1OC. The van der Waals surface area contributed by atoms with E-state index in [1.165, 1.54) is 14.2 Å². The summed E-state index contributed by atoms with van der Waals surface area (Å²) < 4.78 is 11.6. The van der Waals surface area contributed by atoms with Crippen molar-refractivity contribution in [2.75, 3.05) is 20.8 Å². The van der Waals surface area contributed by atoms with Crippen molar-refractivity contribution in [3.05, 3.63) is 66.4 Å². The number of ether oxygens (including phenoxy) is 2. The zero-order valence-electron chi connectivity index (χ0n) is 16.0. The first kappa shape index (κ1) is 20.1. The van der Waals surface area contributed by atoms with Gasteiger partial charge in [-0.25, -0.2) is 9.48 Å². The van der Waals surface area contributed by atoms with Gasteiger partial charge in [-0.05, 0) is 24.3 Å². The maximum absolute atomic E-state index is 12.9. The average molecular weight is 395 g/mol. The monoisotopic (exact) mass is 395 g/mol. The molecule has 8 nitrogen and oxygen atoms in total. The van der Waals surface area contributed by atoms with E-state index in [1.807, 2.05) is 42.5 Å². The minimum Gasteiger partial charge on any atom is -0.496 e. The van der Waals surface area contributed by atoms with Crippen LogP contribution in [0.25, 0.3) is 16.9 Å². The number of rotatable bonds is 7. The van der Waals surface area contributed by atoms with E-state index in [-0.39, 0.29) is 5.56 Å². The predicted molar refractivity (Wildman–Crippen MR) is 106 cm³/mol. The molecule has 1 aromatic heterocycles. The number of amides is 1. The molecule has 3 rings (SSSR count). The Bertz CT molecular complexity index is 1000. The molecule has 1 atom stereocenters. The number of nitrogens with zero attached hydrogens (tertiary/aromatic N) is 2. The van der Waals surface area contributed by atoms with Crippen molar-refractivity contribution < 1.29 is 24.2 Å². The van der Waals surface area contributed by atoms with Crippen molar-refractivity contribution in [1.82, 2.24) is 15.1 Å². The normalized spacial score (nSPS) is 11.6. The highest BCUT2D eigenvalue weighted by atomic mass is 16.5. The molecule has 0 spiro atoms. The van der Waals surface area contributed by atoms with Crippen molar-refractivity contribution in [2.24, 2.45) is 0 Å². The number of esters is 1. The third kappa shape index (κ3) is 4.27. The highest BCUT2D eigenvalue weighted by molar-refractivity contribution is 6.02. The summed E-state index contributed by atoms with van der Waals surface area (Å²) in [6, 6.07) is 15.3. The first-order valence-corrected chi connectivity index (χ1v) is 8.87. The zero-order valence-corrected chi connectivity index (χ0v) is 16.0. The molecule has 29 heavy (non-hydrogen) atoms. The summed E-state index contributed by atoms with van der Waals surface area (Å²) in [5.74, 6) is -0.765. The fraction of sp³-hybridized carbons (Fsp3) is 0.190. The number of benzene rings is 2. The molecular weight excluding hydrogens is 374 g/mol. The Balaban J connectivity index is 2.08. The van der Waals surface area contributed by atoms with Gasteiger partial charge in [-0.15, -0.1) is 0 Å². The van der Waals surface area contributed by atoms with Crippen LogP contribution in [0.3, 0.4) is 0 Å². The molecule has 0 aliphatic carbocycles. The highest BCUT2D eigenvalue weighted by Gasteiger charge is 2.26. The molecule has 0 aliphatic heterocycles. The van der Waals surface area contributed by atoms with Crippen molar-refractivity contribution in [1.29, 1.82) is 0 Å². The third-order valence-corrected chi connectivity index (χ3v) is 4.32. The molecule has 150 valence electrons. The summed E-state index contributed by atoms with van der Waals surface area (Å²) >= 11 is 0. The zero-order chi connectivity index (χ0) is 20.8. The standard InChI is InChI=1S/C21H21N3O5/c1-28-18-11-7-6-10-15(18)19-16(20(26)22-17(13-25)21(27)29-2)12-24(23-19)14-8-4-3-5-9-14/h3-12,17,25H,13H2,1-2H3,(H,22,26)/t17-/m0/s1. The lowest BCUT2D eigenvalue weighted by atomic mass is 10.1. The van der Waals surface area contributed by atoms with Crippen molar-refractivity contribution in [2.45, 2.75) is 6.04 Å². The molecule has 8 heteroatoms. The van der Waals surface area contributed by atoms with Crippen molar-refractivity contribution in [3.8, 4) is 22.7 Å². The van der Waals surface area contributed by atoms with Crippen LogP contribution in [-0.4, -0.2) is 53.6 Å². The van der Waals surface area contributed by atoms with Gasteiger partial charge in [0.25, 0.3) is 5.91 Å². The Morgan fingerprint density at radius 1 is 1.10 bits per heavy atom. The van der Waals surface area contributed by atoms with Crippen LogP contribution in [0, 0.1) is 0 Å². The van der Waals surface area contributed by atoms with Gasteiger partial charge in [0, 0.05) is 11.8 Å². The lowest BCUT2D eigenvalue weighted by Gasteiger charge is -2.14. The minimum atomic E-state index is -1.18. The largest absolute Gasteiger partial charge is 0.496 e. The Hall–Kier alpha value is -3.65. The van der Waals surface area contributed by atoms with Gasteiger partial charge in [0.1, 0.15) is 11.4 Å². The molecule has 0 fully saturated rings. The van der Waals surface area contributed by atoms with Crippen LogP contribution < -0.4 is 10.1 Å². The molecule has 2 aromatic carbocycles. The van der Waals surface area contributed by atoms with Crippen LogP contribution in [0.4, 0.5) is 0 Å². The molecule has 0 unspecified atom stereocenters. The molecule has 3 aromatic rings. The summed E-state index contributed by atoms with van der Waals surface area (Å²) in [4.78, 5) is 24.7. The number of aliphatic hydroxyl groups is 1. The predicted octanol–water partition coefficient (Wildman–Crippen LogP) is 1.81. The quantitative estimate of drug-likeness (QED) is 0.592. The second-order valence-electron chi connectivity index (χ2n) is 6.10. The fourth-order valence-corrected chi connectivity index (χ4v) is 2.85. The number of aromatic nitrogens is 2. The minimum absolute atomic E-state index is 0.223. The average Bonchev–Trinajstić information content (AvgIpc) is 3.22. The number of para-hydroxylation sites is 2. The molecule has 1 amide bonds. The molecule has 0 bridgehead atoms. The van der Waals surface area contributed by atoms with Gasteiger partial charge in [-0.2, -0.15) is 5.10 Å². The first-order chi connectivity index (χ1) is 14.1. The lowest BCUT2D eigenvalue weighted by molar-refractivity contribution is -0.143. The van der Waals surface area contributed by atoms with Gasteiger partial charge >= 0.3 is 5.97 Å². The number of hydrogen-bond donors (Lipinski definition) is 2. The topological polar surface area (TPSA) is 103 Å². The van der Waals surface area contributed by atoms with Crippen LogP contribution in [0.2, 0.25) is 0 Å². The molecular formula is C21H21N3O5. The molecule has 0 saturated heterocycles. The highest BCUT2D eigenvalue weighted by Crippen LogP contribution is 2.31. The second-order valence-corrected chi connectivity index (χ2v) is 6.10. The van der Waals surface area contributed by atoms with Gasteiger partial charge in [0.05, 0.1) is 32.1 Å². The van der Waals surface area contributed by atoms with Gasteiger partial charge in [0.15, 0.2) is 6.04 Å². The van der Waals surface area contributed by atoms with Crippen LogP contribution >= 0.6 is 0 Å². The molecule has 0 aliphatic rings.